The SMILES string of the molecule is c1ccc(-n2c3ccccc3c3ccc(Oc4ccc5c(c4)c4ncccc4n4c6ccccc6nc54)cc32)nc1. The van der Waals surface area contributed by atoms with E-state index >= 15 is 0 Å². The van der Waals surface area contributed by atoms with E-state index in [9.17, 15) is 0 Å². The third-order valence-corrected chi connectivity index (χ3v) is 7.83. The van der Waals surface area contributed by atoms with Gasteiger partial charge in [-0.15, -0.1) is 0 Å². The molecule has 0 aliphatic carbocycles. The molecule has 0 N–H and O–H groups in total. The van der Waals surface area contributed by atoms with Gasteiger partial charge in [-0.25, -0.2) is 9.97 Å². The molecule has 6 heteroatoms. The molecule has 0 bridgehead atoms. The summed E-state index contributed by atoms with van der Waals surface area (Å²) in [5.74, 6) is 2.36. The van der Waals surface area contributed by atoms with Crippen LogP contribution in [0.25, 0.3) is 66.1 Å². The molecule has 6 nitrogen and oxygen atoms in total. The normalized spacial score (nSPS) is 11.9. The lowest BCUT2D eigenvalue weighted by Gasteiger charge is -2.11. The molecular weight excluding hydrogens is 506 g/mol. The van der Waals surface area contributed by atoms with Crippen molar-refractivity contribution < 1.29 is 4.74 Å². The van der Waals surface area contributed by atoms with E-state index in [1.165, 1.54) is 5.39 Å². The Bertz CT molecular complexity index is 2460. The van der Waals surface area contributed by atoms with E-state index in [2.05, 4.69) is 74.6 Å². The second-order valence-electron chi connectivity index (χ2n) is 10.2. The van der Waals surface area contributed by atoms with Gasteiger partial charge in [0.25, 0.3) is 0 Å². The summed E-state index contributed by atoms with van der Waals surface area (Å²) in [5, 5.41) is 4.37. The minimum atomic E-state index is 0.741. The molecule has 0 radical (unpaired) electrons. The Labute approximate surface area is 233 Å². The first-order chi connectivity index (χ1) is 20.3. The summed E-state index contributed by atoms with van der Waals surface area (Å²) in [5.41, 5.74) is 7.02. The minimum Gasteiger partial charge on any atom is -0.457 e. The van der Waals surface area contributed by atoms with Crippen molar-refractivity contribution in [3.05, 3.63) is 128 Å². The van der Waals surface area contributed by atoms with Crippen LogP contribution in [0.5, 0.6) is 11.5 Å². The molecule has 0 atom stereocenters. The molecule has 0 aliphatic heterocycles. The van der Waals surface area contributed by atoms with Crippen LogP contribution in [-0.4, -0.2) is 23.9 Å². The molecule has 0 amide bonds. The average Bonchev–Trinajstić information content (AvgIpc) is 3.58. The van der Waals surface area contributed by atoms with Crippen LogP contribution in [-0.2, 0) is 0 Å². The van der Waals surface area contributed by atoms with E-state index in [-0.39, 0.29) is 0 Å². The van der Waals surface area contributed by atoms with Crippen LogP contribution in [0.1, 0.15) is 0 Å². The van der Waals surface area contributed by atoms with Crippen molar-refractivity contribution in [2.45, 2.75) is 0 Å². The number of rotatable bonds is 3. The van der Waals surface area contributed by atoms with Crippen molar-refractivity contribution in [3.8, 4) is 17.3 Å². The highest BCUT2D eigenvalue weighted by molar-refractivity contribution is 6.13. The Morgan fingerprint density at radius 2 is 1.24 bits per heavy atom. The molecule has 0 spiro atoms. The zero-order valence-corrected chi connectivity index (χ0v) is 21.8. The molecule has 5 aromatic heterocycles. The Balaban J connectivity index is 1.23. The van der Waals surface area contributed by atoms with Crippen LogP contribution in [0.3, 0.4) is 0 Å². The number of pyridine rings is 3. The first kappa shape index (κ1) is 22.1. The zero-order chi connectivity index (χ0) is 26.9. The third kappa shape index (κ3) is 3.22. The molecule has 0 aliphatic rings. The number of hydrogen-bond donors (Lipinski definition) is 0. The summed E-state index contributed by atoms with van der Waals surface area (Å²) >= 11 is 0. The number of benzene rings is 4. The molecule has 192 valence electrons. The van der Waals surface area contributed by atoms with E-state index in [1.54, 1.807) is 0 Å². The first-order valence-corrected chi connectivity index (χ1v) is 13.5. The highest BCUT2D eigenvalue weighted by Crippen LogP contribution is 2.37. The van der Waals surface area contributed by atoms with Gasteiger partial charge in [-0.05, 0) is 72.8 Å². The Hall–Kier alpha value is -5.75. The largest absolute Gasteiger partial charge is 0.457 e. The highest BCUT2D eigenvalue weighted by Gasteiger charge is 2.16. The molecular formula is C35H21N5O. The van der Waals surface area contributed by atoms with E-state index in [0.717, 1.165) is 72.2 Å². The lowest BCUT2D eigenvalue weighted by atomic mass is 10.1. The zero-order valence-electron chi connectivity index (χ0n) is 21.8. The number of nitrogens with zero attached hydrogens (tertiary/aromatic N) is 5. The van der Waals surface area contributed by atoms with Crippen molar-refractivity contribution in [1.82, 2.24) is 23.9 Å². The lowest BCUT2D eigenvalue weighted by molar-refractivity contribution is 0.484. The molecule has 0 saturated heterocycles. The summed E-state index contributed by atoms with van der Waals surface area (Å²) in [4.78, 5) is 14.4. The van der Waals surface area contributed by atoms with Gasteiger partial charge in [0, 0.05) is 40.0 Å². The van der Waals surface area contributed by atoms with Gasteiger partial charge in [-0.2, -0.15) is 0 Å². The Morgan fingerprint density at radius 1 is 0.512 bits per heavy atom. The maximum absolute atomic E-state index is 6.51. The van der Waals surface area contributed by atoms with Gasteiger partial charge in [0.15, 0.2) is 0 Å². The Morgan fingerprint density at radius 3 is 2.15 bits per heavy atom. The first-order valence-electron chi connectivity index (χ1n) is 13.5. The number of imidazole rings is 1. The second kappa shape index (κ2) is 8.37. The summed E-state index contributed by atoms with van der Waals surface area (Å²) in [6, 6.07) is 39.1. The van der Waals surface area contributed by atoms with E-state index in [4.69, 9.17) is 14.7 Å². The van der Waals surface area contributed by atoms with Gasteiger partial charge >= 0.3 is 0 Å². The molecule has 9 rings (SSSR count). The fourth-order valence-corrected chi connectivity index (χ4v) is 6.10. The summed E-state index contributed by atoms with van der Waals surface area (Å²) in [6.45, 7) is 0. The molecule has 0 fully saturated rings. The van der Waals surface area contributed by atoms with Crippen molar-refractivity contribution in [1.29, 1.82) is 0 Å². The smallest absolute Gasteiger partial charge is 0.146 e. The van der Waals surface area contributed by atoms with Crippen LogP contribution in [0, 0.1) is 0 Å². The topological polar surface area (TPSA) is 57.2 Å². The van der Waals surface area contributed by atoms with Gasteiger partial charge in [-0.1, -0.05) is 36.4 Å². The van der Waals surface area contributed by atoms with E-state index in [1.807, 2.05) is 67.0 Å². The molecule has 0 unspecified atom stereocenters. The van der Waals surface area contributed by atoms with Crippen LogP contribution in [0.2, 0.25) is 0 Å². The monoisotopic (exact) mass is 527 g/mol. The number of para-hydroxylation sites is 3. The number of fused-ring (bicyclic) bond motifs is 11. The average molecular weight is 528 g/mol. The third-order valence-electron chi connectivity index (χ3n) is 7.83. The summed E-state index contributed by atoms with van der Waals surface area (Å²) in [7, 11) is 0. The second-order valence-corrected chi connectivity index (χ2v) is 10.2. The van der Waals surface area contributed by atoms with Crippen LogP contribution in [0.15, 0.2) is 128 Å². The fourth-order valence-electron chi connectivity index (χ4n) is 6.10. The minimum absolute atomic E-state index is 0.741. The van der Waals surface area contributed by atoms with E-state index in [0.29, 0.717) is 0 Å². The van der Waals surface area contributed by atoms with E-state index < -0.39 is 0 Å². The lowest BCUT2D eigenvalue weighted by Crippen LogP contribution is -1.96. The van der Waals surface area contributed by atoms with Gasteiger partial charge in [0.2, 0.25) is 0 Å². The predicted octanol–water partition coefficient (Wildman–Crippen LogP) is 8.47. The van der Waals surface area contributed by atoms with Gasteiger partial charge in [0.1, 0.15) is 23.0 Å². The van der Waals surface area contributed by atoms with Crippen molar-refractivity contribution in [2.75, 3.05) is 0 Å². The molecule has 41 heavy (non-hydrogen) atoms. The maximum Gasteiger partial charge on any atom is 0.146 e. The van der Waals surface area contributed by atoms with Crippen molar-refractivity contribution >= 4 is 60.3 Å². The standard InChI is InChI=1S/C35H21N5O/c1-3-10-29-24(8-1)25-16-14-23(21-32(25)39(29)33-13-5-6-18-36-33)41-22-15-17-26-27(20-22)34-31(12-7-19-37-34)40-30-11-4-2-9-28(30)38-35(26)40/h1-21H. The maximum atomic E-state index is 6.51. The number of ether oxygens (including phenoxy) is 1. The molecule has 0 saturated carbocycles. The van der Waals surface area contributed by atoms with Crippen LogP contribution < -0.4 is 4.74 Å². The number of aromatic nitrogens is 5. The molecule has 4 aromatic carbocycles. The summed E-state index contributed by atoms with van der Waals surface area (Å²) < 4.78 is 10.9. The van der Waals surface area contributed by atoms with Gasteiger partial charge in [0.05, 0.1) is 33.1 Å². The quantitative estimate of drug-likeness (QED) is 0.216. The van der Waals surface area contributed by atoms with Crippen molar-refractivity contribution in [3.63, 3.8) is 0 Å². The Kier molecular flexibility index (Phi) is 4.51. The number of hydrogen-bond acceptors (Lipinski definition) is 4. The molecule has 9 aromatic rings. The van der Waals surface area contributed by atoms with Crippen LogP contribution in [0.4, 0.5) is 0 Å². The highest BCUT2D eigenvalue weighted by atomic mass is 16.5. The fraction of sp³-hybridized carbons (Fsp3) is 0. The van der Waals surface area contributed by atoms with Crippen molar-refractivity contribution in [2.24, 2.45) is 0 Å². The summed E-state index contributed by atoms with van der Waals surface area (Å²) in [6.07, 6.45) is 3.66. The predicted molar refractivity (Wildman–Crippen MR) is 164 cm³/mol. The van der Waals surface area contributed by atoms with Crippen LogP contribution >= 0.6 is 0 Å². The molecule has 5 heterocycles. The van der Waals surface area contributed by atoms with Gasteiger partial charge < -0.3 is 4.74 Å². The van der Waals surface area contributed by atoms with Gasteiger partial charge in [-0.3, -0.25) is 14.0 Å².